The van der Waals surface area contributed by atoms with Crippen molar-refractivity contribution >= 4 is 5.91 Å². The highest BCUT2D eigenvalue weighted by atomic mass is 16.5. The number of aliphatic hydroxyl groups excluding tert-OH is 1. The lowest BCUT2D eigenvalue weighted by atomic mass is 10.1. The van der Waals surface area contributed by atoms with Crippen LogP contribution in [0.4, 0.5) is 0 Å². The van der Waals surface area contributed by atoms with Gasteiger partial charge in [0.15, 0.2) is 0 Å². The van der Waals surface area contributed by atoms with Crippen LogP contribution in [0.2, 0.25) is 0 Å². The first-order valence-electron chi connectivity index (χ1n) is 7.27. The van der Waals surface area contributed by atoms with Crippen molar-refractivity contribution in [3.63, 3.8) is 0 Å². The molecule has 0 spiro atoms. The number of nitrogens with zero attached hydrogens (tertiary/aromatic N) is 2. The molecule has 8 nitrogen and oxygen atoms in total. The van der Waals surface area contributed by atoms with Gasteiger partial charge in [0, 0.05) is 25.9 Å². The third kappa shape index (κ3) is 4.11. The topological polar surface area (TPSA) is 103 Å². The van der Waals surface area contributed by atoms with E-state index in [0.717, 1.165) is 9.13 Å². The predicted octanol–water partition coefficient (Wildman–Crippen LogP) is -0.595. The fraction of sp³-hybridized carbons (Fsp3) is 0.312. The van der Waals surface area contributed by atoms with Crippen LogP contribution in [0.5, 0.6) is 5.75 Å². The molecule has 0 saturated heterocycles. The Morgan fingerprint density at radius 3 is 2.54 bits per heavy atom. The van der Waals surface area contributed by atoms with Gasteiger partial charge in [-0.15, -0.1) is 0 Å². The number of carbonyl (C=O) groups excluding carboxylic acids is 1. The number of methoxy groups -OCH3 is 1. The predicted molar refractivity (Wildman–Crippen MR) is 86.9 cm³/mol. The van der Waals surface area contributed by atoms with Gasteiger partial charge in [-0.25, -0.2) is 4.79 Å². The summed E-state index contributed by atoms with van der Waals surface area (Å²) in [6.07, 6.45) is 0.390. The van der Waals surface area contributed by atoms with Crippen molar-refractivity contribution in [2.24, 2.45) is 7.05 Å². The standard InChI is InChI=1S/C16H19N3O5/c1-18-15(22)7-8-19(16(18)23)10-14(21)17-9-13(20)11-3-5-12(24-2)6-4-11/h3-8,13,20H,9-10H2,1-2H3,(H,17,21)/t13-/m0/s1. The molecule has 2 aromatic rings. The number of amides is 1. The highest BCUT2D eigenvalue weighted by Crippen LogP contribution is 2.16. The van der Waals surface area contributed by atoms with E-state index in [2.05, 4.69) is 5.32 Å². The summed E-state index contributed by atoms with van der Waals surface area (Å²) in [5, 5.41) is 12.6. The largest absolute Gasteiger partial charge is 0.497 e. The number of ether oxygens (including phenoxy) is 1. The zero-order valence-corrected chi connectivity index (χ0v) is 13.4. The Balaban J connectivity index is 1.94. The fourth-order valence-electron chi connectivity index (χ4n) is 2.10. The van der Waals surface area contributed by atoms with Gasteiger partial charge in [0.25, 0.3) is 5.56 Å². The lowest BCUT2D eigenvalue weighted by molar-refractivity contribution is -0.122. The molecule has 1 heterocycles. The average Bonchev–Trinajstić information content (AvgIpc) is 2.60. The van der Waals surface area contributed by atoms with Crippen LogP contribution in [0.25, 0.3) is 0 Å². The number of rotatable bonds is 6. The molecule has 1 amide bonds. The third-order valence-corrected chi connectivity index (χ3v) is 3.57. The third-order valence-electron chi connectivity index (χ3n) is 3.57. The quantitative estimate of drug-likeness (QED) is 0.735. The van der Waals surface area contributed by atoms with Gasteiger partial charge in [-0.2, -0.15) is 0 Å². The number of hydrogen-bond acceptors (Lipinski definition) is 5. The van der Waals surface area contributed by atoms with Crippen molar-refractivity contribution in [1.82, 2.24) is 14.5 Å². The molecule has 2 N–H and O–H groups in total. The molecule has 0 radical (unpaired) electrons. The Morgan fingerprint density at radius 1 is 1.25 bits per heavy atom. The van der Waals surface area contributed by atoms with Gasteiger partial charge in [-0.05, 0) is 17.7 Å². The van der Waals surface area contributed by atoms with E-state index in [-0.39, 0.29) is 13.1 Å². The number of benzene rings is 1. The molecule has 0 unspecified atom stereocenters. The van der Waals surface area contributed by atoms with Gasteiger partial charge < -0.3 is 15.2 Å². The van der Waals surface area contributed by atoms with Gasteiger partial charge >= 0.3 is 5.69 Å². The first-order valence-corrected chi connectivity index (χ1v) is 7.27. The molecule has 128 valence electrons. The van der Waals surface area contributed by atoms with Gasteiger partial charge in [0.05, 0.1) is 13.2 Å². The Labute approximate surface area is 137 Å². The minimum atomic E-state index is -0.878. The summed E-state index contributed by atoms with van der Waals surface area (Å²) in [6.45, 7) is -0.228. The van der Waals surface area contributed by atoms with Crippen molar-refractivity contribution in [3.05, 3.63) is 62.9 Å². The summed E-state index contributed by atoms with van der Waals surface area (Å²) in [7, 11) is 2.89. The molecule has 1 atom stereocenters. The van der Waals surface area contributed by atoms with Gasteiger partial charge in [0.1, 0.15) is 12.3 Å². The number of aliphatic hydroxyl groups is 1. The molecule has 24 heavy (non-hydrogen) atoms. The number of nitrogens with one attached hydrogen (secondary N) is 1. The number of hydrogen-bond donors (Lipinski definition) is 2. The summed E-state index contributed by atoms with van der Waals surface area (Å²) >= 11 is 0. The van der Waals surface area contributed by atoms with E-state index in [4.69, 9.17) is 4.74 Å². The molecular formula is C16H19N3O5. The van der Waals surface area contributed by atoms with E-state index < -0.39 is 23.3 Å². The maximum absolute atomic E-state index is 11.9. The molecule has 0 aliphatic heterocycles. The van der Waals surface area contributed by atoms with E-state index in [1.54, 1.807) is 31.4 Å². The molecule has 1 aromatic carbocycles. The monoisotopic (exact) mass is 333 g/mol. The normalized spacial score (nSPS) is 11.8. The lowest BCUT2D eigenvalue weighted by Gasteiger charge is -2.13. The van der Waals surface area contributed by atoms with Crippen LogP contribution in [0, 0.1) is 0 Å². The molecule has 0 saturated carbocycles. The Morgan fingerprint density at radius 2 is 1.92 bits per heavy atom. The summed E-state index contributed by atoms with van der Waals surface area (Å²) < 4.78 is 7.07. The summed E-state index contributed by atoms with van der Waals surface area (Å²) in [4.78, 5) is 35.0. The molecule has 0 fully saturated rings. The minimum Gasteiger partial charge on any atom is -0.497 e. The van der Waals surface area contributed by atoms with Crippen LogP contribution in [-0.4, -0.2) is 33.8 Å². The Bertz CT molecular complexity index is 823. The SMILES string of the molecule is COc1ccc([C@@H](O)CNC(=O)Cn2ccc(=O)n(C)c2=O)cc1. The second-order valence-electron chi connectivity index (χ2n) is 5.22. The van der Waals surface area contributed by atoms with Gasteiger partial charge in [0.2, 0.25) is 5.91 Å². The Kier molecular flexibility index (Phi) is 5.54. The first kappa shape index (κ1) is 17.5. The lowest BCUT2D eigenvalue weighted by Crippen LogP contribution is -2.40. The van der Waals surface area contributed by atoms with Crippen LogP contribution in [0.3, 0.4) is 0 Å². The molecule has 8 heteroatoms. The van der Waals surface area contributed by atoms with Crippen molar-refractivity contribution in [1.29, 1.82) is 0 Å². The zero-order chi connectivity index (χ0) is 17.7. The van der Waals surface area contributed by atoms with E-state index in [1.165, 1.54) is 19.3 Å². The van der Waals surface area contributed by atoms with Crippen molar-refractivity contribution in [2.45, 2.75) is 12.6 Å². The molecule has 0 bridgehead atoms. The van der Waals surface area contributed by atoms with Gasteiger partial charge in [-0.1, -0.05) is 12.1 Å². The zero-order valence-electron chi connectivity index (χ0n) is 13.4. The van der Waals surface area contributed by atoms with E-state index >= 15 is 0 Å². The van der Waals surface area contributed by atoms with Crippen molar-refractivity contribution in [3.8, 4) is 5.75 Å². The fourth-order valence-corrected chi connectivity index (χ4v) is 2.10. The van der Waals surface area contributed by atoms with E-state index in [1.807, 2.05) is 0 Å². The van der Waals surface area contributed by atoms with Crippen LogP contribution in [0.1, 0.15) is 11.7 Å². The summed E-state index contributed by atoms with van der Waals surface area (Å²) in [6, 6.07) is 8.04. The minimum absolute atomic E-state index is 0.00563. The molecule has 2 rings (SSSR count). The first-order chi connectivity index (χ1) is 11.4. The maximum Gasteiger partial charge on any atom is 0.331 e. The van der Waals surface area contributed by atoms with Crippen molar-refractivity contribution in [2.75, 3.05) is 13.7 Å². The van der Waals surface area contributed by atoms with E-state index in [9.17, 15) is 19.5 Å². The second-order valence-corrected chi connectivity index (χ2v) is 5.22. The van der Waals surface area contributed by atoms with Crippen molar-refractivity contribution < 1.29 is 14.6 Å². The summed E-state index contributed by atoms with van der Waals surface area (Å²) in [5.41, 5.74) is -0.379. The highest BCUT2D eigenvalue weighted by molar-refractivity contribution is 5.75. The molecule has 1 aromatic heterocycles. The van der Waals surface area contributed by atoms with Crippen LogP contribution in [-0.2, 0) is 18.4 Å². The maximum atomic E-state index is 11.9. The number of carbonyl (C=O) groups is 1. The van der Waals surface area contributed by atoms with Crippen LogP contribution < -0.4 is 21.3 Å². The molecule has 0 aliphatic rings. The Hall–Kier alpha value is -2.87. The second kappa shape index (κ2) is 7.60. The van der Waals surface area contributed by atoms with Crippen LogP contribution in [0.15, 0.2) is 46.1 Å². The average molecular weight is 333 g/mol. The van der Waals surface area contributed by atoms with Crippen LogP contribution >= 0.6 is 0 Å². The summed E-state index contributed by atoms with van der Waals surface area (Å²) in [5.74, 6) is 0.229. The molecular weight excluding hydrogens is 314 g/mol. The molecule has 0 aliphatic carbocycles. The smallest absolute Gasteiger partial charge is 0.331 e. The number of aromatic nitrogens is 2. The van der Waals surface area contributed by atoms with E-state index in [0.29, 0.717) is 11.3 Å². The van der Waals surface area contributed by atoms with Gasteiger partial charge in [-0.3, -0.25) is 18.7 Å². The highest BCUT2D eigenvalue weighted by Gasteiger charge is 2.11.